The molecule has 0 aliphatic rings. The van der Waals surface area contributed by atoms with Gasteiger partial charge in [-0.3, -0.25) is 4.68 Å². The first-order valence-electron chi connectivity index (χ1n) is 45.4. The summed E-state index contributed by atoms with van der Waals surface area (Å²) in [5, 5.41) is 67.0. The van der Waals surface area contributed by atoms with Gasteiger partial charge in [0.15, 0.2) is 23.3 Å². The molecular formula is C106H118N20O10. The van der Waals surface area contributed by atoms with Crippen molar-refractivity contribution in [3.63, 3.8) is 0 Å². The third-order valence-electron chi connectivity index (χ3n) is 24.1. The number of para-hydroxylation sites is 1. The molecule has 0 aliphatic carbocycles. The van der Waals surface area contributed by atoms with Crippen molar-refractivity contribution < 1.29 is 47.4 Å². The van der Waals surface area contributed by atoms with Crippen LogP contribution in [0.2, 0.25) is 0 Å². The largest absolute Gasteiger partial charge is 0.497 e. The first-order chi connectivity index (χ1) is 65.9. The molecule has 18 aromatic rings. The van der Waals surface area contributed by atoms with Gasteiger partial charge in [0.25, 0.3) is 0 Å². The third-order valence-corrected chi connectivity index (χ3v) is 24.1. The second-order valence-electron chi connectivity index (χ2n) is 32.6. The minimum Gasteiger partial charge on any atom is -0.497 e. The summed E-state index contributed by atoms with van der Waals surface area (Å²) in [7, 11) is 10.3. The minimum atomic E-state index is 0.571. The van der Waals surface area contributed by atoms with Crippen LogP contribution in [-0.2, 0) is 26.6 Å². The molecule has 0 spiro atoms. The number of aryl methyl sites for hydroxylation is 13. The maximum atomic E-state index is 5.92. The highest BCUT2D eigenvalue weighted by molar-refractivity contribution is 6.02. The van der Waals surface area contributed by atoms with Crippen molar-refractivity contribution in [1.82, 2.24) is 78.5 Å². The Morgan fingerprint density at radius 2 is 0.691 bits per heavy atom. The van der Waals surface area contributed by atoms with Crippen LogP contribution in [0.15, 0.2) is 195 Å². The predicted octanol–water partition coefficient (Wildman–Crippen LogP) is 21.8. The van der Waals surface area contributed by atoms with Gasteiger partial charge in [0.2, 0.25) is 0 Å². The van der Waals surface area contributed by atoms with E-state index in [-0.39, 0.29) is 0 Å². The molecule has 0 amide bonds. The van der Waals surface area contributed by atoms with Gasteiger partial charge in [0.05, 0.1) is 131 Å². The lowest BCUT2D eigenvalue weighted by molar-refractivity contribution is 0.335. The maximum Gasteiger partial charge on any atom is 0.162 e. The van der Waals surface area contributed by atoms with Gasteiger partial charge in [-0.05, 0) is 238 Å². The van der Waals surface area contributed by atoms with Crippen LogP contribution in [0.3, 0.4) is 0 Å². The normalized spacial score (nSPS) is 11.1. The van der Waals surface area contributed by atoms with Crippen molar-refractivity contribution in [3.05, 3.63) is 280 Å². The molecule has 0 aliphatic heterocycles. The molecule has 0 bridgehead atoms. The van der Waals surface area contributed by atoms with Crippen LogP contribution in [0.5, 0.6) is 63.2 Å². The van der Waals surface area contributed by atoms with E-state index in [2.05, 4.69) is 164 Å². The fraction of sp³-hybridized carbons (Fsp3) is 0.283. The van der Waals surface area contributed by atoms with Gasteiger partial charge in [-0.2, -0.15) is 30.6 Å². The number of benzene rings is 7. The summed E-state index contributed by atoms with van der Waals surface area (Å²) in [5.41, 5.74) is 21.2. The Kier molecular flexibility index (Phi) is 29.5. The summed E-state index contributed by atoms with van der Waals surface area (Å²) in [5.74, 6) is 11.5. The monoisotopic (exact) mass is 1830 g/mol. The topological polar surface area (TPSA) is 298 Å². The lowest BCUT2D eigenvalue weighted by atomic mass is 10.1. The van der Waals surface area contributed by atoms with E-state index in [0.717, 1.165) is 250 Å². The van der Waals surface area contributed by atoms with Gasteiger partial charge < -0.3 is 86.9 Å². The van der Waals surface area contributed by atoms with Gasteiger partial charge in [-0.25, -0.2) is 4.52 Å². The van der Waals surface area contributed by atoms with Crippen LogP contribution >= 0.6 is 0 Å². The number of ether oxygens (including phenoxy) is 10. The highest BCUT2D eigenvalue weighted by Crippen LogP contribution is 2.44. The van der Waals surface area contributed by atoms with Gasteiger partial charge in [0, 0.05) is 157 Å². The average molecular weight is 1830 g/mol. The molecule has 30 nitrogen and oxygen atoms in total. The van der Waals surface area contributed by atoms with Crippen molar-refractivity contribution in [3.8, 4) is 86.0 Å². The van der Waals surface area contributed by atoms with Crippen molar-refractivity contribution in [1.29, 1.82) is 0 Å². The van der Waals surface area contributed by atoms with Crippen molar-refractivity contribution in [2.75, 3.05) is 89.8 Å². The number of rotatable bonds is 31. The van der Waals surface area contributed by atoms with Gasteiger partial charge >= 0.3 is 0 Å². The number of aromatic nitrogens is 16. The van der Waals surface area contributed by atoms with Crippen molar-refractivity contribution in [2.45, 2.75) is 130 Å². The molecular weight excluding hydrogens is 1710 g/mol. The van der Waals surface area contributed by atoms with E-state index in [1.165, 1.54) is 5.56 Å². The summed E-state index contributed by atoms with van der Waals surface area (Å²) in [6.07, 6.45) is 6.49. The number of nitrogens with zero attached hydrogens (tertiary/aromatic N) is 16. The number of methoxy groups -OCH3 is 5. The molecule has 0 radical (unpaired) electrons. The summed E-state index contributed by atoms with van der Waals surface area (Å²) >= 11 is 0. The van der Waals surface area contributed by atoms with E-state index >= 15 is 0 Å². The van der Waals surface area contributed by atoms with E-state index < -0.39 is 0 Å². The van der Waals surface area contributed by atoms with Crippen LogP contribution in [0.4, 0.5) is 29.0 Å². The minimum absolute atomic E-state index is 0.571. The fourth-order valence-electron chi connectivity index (χ4n) is 18.1. The first-order valence-corrected chi connectivity index (χ1v) is 45.4. The van der Waals surface area contributed by atoms with Gasteiger partial charge in [-0.1, -0.05) is 36.4 Å². The molecule has 0 fully saturated rings. The quantitative estimate of drug-likeness (QED) is 0.0314. The smallest absolute Gasteiger partial charge is 0.162 e. The Morgan fingerprint density at radius 3 is 1.10 bits per heavy atom. The highest BCUT2D eigenvalue weighted by Gasteiger charge is 2.28. The molecule has 0 atom stereocenters. The van der Waals surface area contributed by atoms with E-state index in [4.69, 9.17) is 47.4 Å². The fourth-order valence-corrected chi connectivity index (χ4v) is 18.1. The number of nitrogens with one attached hydrogen (secondary N) is 4. The van der Waals surface area contributed by atoms with Crippen LogP contribution in [0.1, 0.15) is 113 Å². The Morgan fingerprint density at radius 1 is 0.316 bits per heavy atom. The van der Waals surface area contributed by atoms with Crippen molar-refractivity contribution >= 4 is 77.6 Å². The zero-order chi connectivity index (χ0) is 96.1. The molecule has 0 saturated heterocycles. The molecule has 136 heavy (non-hydrogen) atoms. The van der Waals surface area contributed by atoms with Crippen LogP contribution in [0.25, 0.3) is 71.4 Å². The number of anilines is 5. The first kappa shape index (κ1) is 94.8. The van der Waals surface area contributed by atoms with Crippen LogP contribution in [-0.4, -0.2) is 147 Å². The molecule has 11 heterocycles. The second kappa shape index (κ2) is 42.3. The van der Waals surface area contributed by atoms with E-state index in [1.54, 1.807) is 46.4 Å². The predicted molar refractivity (Wildman–Crippen MR) is 538 cm³/mol. The van der Waals surface area contributed by atoms with E-state index in [9.17, 15) is 0 Å². The summed E-state index contributed by atoms with van der Waals surface area (Å²) < 4.78 is 69.4. The lowest BCUT2D eigenvalue weighted by Crippen LogP contribution is -2.08. The third kappa shape index (κ3) is 19.7. The summed E-state index contributed by atoms with van der Waals surface area (Å²) in [6.45, 7) is 37.0. The Hall–Kier alpha value is -15.9. The Bertz CT molecular complexity index is 7320. The second-order valence-corrected chi connectivity index (χ2v) is 32.6. The van der Waals surface area contributed by atoms with Gasteiger partial charge in [0.1, 0.15) is 63.2 Å². The van der Waals surface area contributed by atoms with Crippen molar-refractivity contribution in [2.24, 2.45) is 7.05 Å². The summed E-state index contributed by atoms with van der Waals surface area (Å²) in [4.78, 5) is 0. The zero-order valence-electron chi connectivity index (χ0n) is 81.4. The van der Waals surface area contributed by atoms with Gasteiger partial charge in [-0.15, -0.1) is 20.4 Å². The molecule has 0 saturated carbocycles. The molecule has 7 aromatic carbocycles. The zero-order valence-corrected chi connectivity index (χ0v) is 81.4. The number of hydrogen-bond donors (Lipinski definition) is 4. The molecule has 11 aromatic heterocycles. The lowest BCUT2D eigenvalue weighted by Gasteiger charge is -2.15. The van der Waals surface area contributed by atoms with Crippen LogP contribution < -0.4 is 68.6 Å². The molecule has 30 heteroatoms. The Labute approximate surface area is 791 Å². The molecule has 18 rings (SSSR count). The Balaban J connectivity index is 0.000000138. The standard InChI is InChI=1S/C30H30N4O3.C27H32N4O3.C26H28N6O2.C23H28N6O2/c1-6-36-25-16-17-26(27(18-25)35-5)34-20(3)28-19(2)32-33-30(29(28)21(34)4)31-22-12-14-24(15-13-22)37-23-10-8-7-9-11-23;1-7-34-22-11-12-23(24(16-22)33-6)31-18(3)25-17(2)29-30-27(26(25)19(31)4)28-14-13-20-9-8-10-21(15-20)32-5;1-6-34-21-10-11-22(23(14-21)33-5)31-17(3)24-16(2)29-30-26(25(24)18(31)4)27-15-20-9-7-8-19-12-13-28-32(19)20;1-7-31-18-8-9-19(20(10-18)30-6)29-15(3)21-14(2)26-27-23(22(21)16(29)4)24-11-17-12-25-28(5)13-17/h7-18H,6H2,1-5H3,(H,31,33);8-12,15-16H,7,13-14H2,1-6H3,(H,28,30);7-14H,6,15H2,1-5H3,(H,27,30);8-10,12-13H,7,11H2,1-6H3,(H,24,27). The number of fused-ring (bicyclic) bond motifs is 5. The molecule has 0 unspecified atom stereocenters. The summed E-state index contributed by atoms with van der Waals surface area (Å²) in [6, 6.07) is 57.5. The highest BCUT2D eigenvalue weighted by atomic mass is 16.5. The van der Waals surface area contributed by atoms with E-state index in [1.807, 2.05) is 237 Å². The number of hydrogen-bond acceptors (Lipinski definition) is 24. The number of pyridine rings is 1. The maximum absolute atomic E-state index is 5.92. The van der Waals surface area contributed by atoms with E-state index in [0.29, 0.717) is 45.3 Å². The van der Waals surface area contributed by atoms with Crippen LogP contribution in [0, 0.1) is 83.1 Å². The average Bonchev–Trinajstić information content (AvgIpc) is 1.60. The molecule has 4 N–H and O–H groups in total. The SMILES string of the molecule is CCOc1ccc(-n2c(C)c3c(C)nnc(NCCc4cccc(OC)c4)c3c2C)c(OC)c1.CCOc1ccc(-n2c(C)c3c(C)nnc(NCc4cccc5ccnn45)c3c2C)c(OC)c1.CCOc1ccc(-n2c(C)c3c(C)nnc(NCc4cnn(C)c4)c3c2C)c(OC)c1.CCOc1ccc(-n2c(C)c3c(C)nnc(Nc4ccc(Oc5ccccc5)cc4)c3c2C)c(OC)c1. The molecule has 702 valence electrons.